The van der Waals surface area contributed by atoms with Crippen LogP contribution in [-0.2, 0) is 14.4 Å². The van der Waals surface area contributed by atoms with E-state index in [1.807, 2.05) is 24.3 Å². The maximum absolute atomic E-state index is 12.2. The number of amides is 3. The molecule has 1 saturated heterocycles. The number of nitrogens with zero attached hydrogens (tertiary/aromatic N) is 1. The van der Waals surface area contributed by atoms with Crippen LogP contribution >= 0.6 is 0 Å². The summed E-state index contributed by atoms with van der Waals surface area (Å²) in [7, 11) is 0. The van der Waals surface area contributed by atoms with E-state index in [0.29, 0.717) is 24.9 Å². The lowest BCUT2D eigenvalue weighted by Gasteiger charge is -2.23. The van der Waals surface area contributed by atoms with Crippen LogP contribution in [0.1, 0.15) is 65.2 Å². The molecule has 0 saturated carbocycles. The zero-order valence-corrected chi connectivity index (χ0v) is 18.3. The fourth-order valence-electron chi connectivity index (χ4n) is 3.63. The van der Waals surface area contributed by atoms with Gasteiger partial charge in [-0.25, -0.2) is 0 Å². The van der Waals surface area contributed by atoms with E-state index in [1.165, 1.54) is 19.3 Å². The van der Waals surface area contributed by atoms with Crippen molar-refractivity contribution >= 4 is 29.1 Å². The third kappa shape index (κ3) is 8.53. The topological polar surface area (TPSA) is 90.5 Å². The van der Waals surface area contributed by atoms with E-state index in [0.717, 1.165) is 38.2 Å². The molecule has 3 N–H and O–H groups in total. The molecule has 0 aliphatic carbocycles. The van der Waals surface area contributed by atoms with Crippen molar-refractivity contribution in [3.05, 3.63) is 24.3 Å². The van der Waals surface area contributed by atoms with Gasteiger partial charge in [0.25, 0.3) is 0 Å². The van der Waals surface area contributed by atoms with Crippen molar-refractivity contribution in [1.29, 1.82) is 0 Å². The predicted molar refractivity (Wildman–Crippen MR) is 120 cm³/mol. The Morgan fingerprint density at radius 2 is 1.77 bits per heavy atom. The number of hydrogen-bond acceptors (Lipinski definition) is 5. The highest BCUT2D eigenvalue weighted by Gasteiger charge is 2.26. The van der Waals surface area contributed by atoms with Gasteiger partial charge in [-0.3, -0.25) is 19.7 Å². The lowest BCUT2D eigenvalue weighted by Crippen LogP contribution is -2.47. The summed E-state index contributed by atoms with van der Waals surface area (Å²) in [6.07, 6.45) is 6.88. The zero-order valence-electron chi connectivity index (χ0n) is 18.3. The molecule has 3 amide bonds. The van der Waals surface area contributed by atoms with E-state index in [2.05, 4.69) is 34.7 Å². The van der Waals surface area contributed by atoms with Crippen LogP contribution in [0.15, 0.2) is 24.3 Å². The number of nitrogens with one attached hydrogen (secondary N) is 3. The molecule has 0 bridgehead atoms. The summed E-state index contributed by atoms with van der Waals surface area (Å²) in [5, 5.41) is 8.40. The lowest BCUT2D eigenvalue weighted by atomic mass is 10.1. The van der Waals surface area contributed by atoms with E-state index in [9.17, 15) is 14.4 Å². The molecule has 1 aliphatic heterocycles. The summed E-state index contributed by atoms with van der Waals surface area (Å²) < 4.78 is 0. The van der Waals surface area contributed by atoms with Crippen LogP contribution in [0.3, 0.4) is 0 Å². The molecule has 7 nitrogen and oxygen atoms in total. The number of carbonyl (C=O) groups is 3. The van der Waals surface area contributed by atoms with E-state index in [-0.39, 0.29) is 17.7 Å². The quantitative estimate of drug-likeness (QED) is 0.338. The number of hydrogen-bond donors (Lipinski definition) is 3. The Labute approximate surface area is 180 Å². The van der Waals surface area contributed by atoms with Crippen molar-refractivity contribution in [2.45, 2.75) is 71.3 Å². The first-order valence-electron chi connectivity index (χ1n) is 11.2. The molecule has 0 spiro atoms. The van der Waals surface area contributed by atoms with Gasteiger partial charge in [0.2, 0.25) is 17.7 Å². The monoisotopic (exact) mass is 416 g/mol. The first-order chi connectivity index (χ1) is 14.5. The van der Waals surface area contributed by atoms with Crippen LogP contribution in [0.5, 0.6) is 0 Å². The van der Waals surface area contributed by atoms with Crippen molar-refractivity contribution < 1.29 is 14.4 Å². The molecule has 1 unspecified atom stereocenters. The molecule has 0 aromatic heterocycles. The minimum Gasteiger partial charge on any atom is -0.374 e. The van der Waals surface area contributed by atoms with Gasteiger partial charge in [-0.1, -0.05) is 39.2 Å². The molecular formula is C23H36N4O3. The third-order valence-corrected chi connectivity index (χ3v) is 5.50. The van der Waals surface area contributed by atoms with Gasteiger partial charge in [0.15, 0.2) is 0 Å². The summed E-state index contributed by atoms with van der Waals surface area (Å²) in [5.74, 6) is -0.531. The van der Waals surface area contributed by atoms with Gasteiger partial charge < -0.3 is 15.5 Å². The molecule has 1 aliphatic rings. The van der Waals surface area contributed by atoms with Crippen LogP contribution < -0.4 is 16.0 Å². The standard InChI is InChI=1S/C23H36N4O3/c1-3-27(4-2)16-9-7-5-6-8-13-21(28)25-19-12-10-11-18(17-19)24-20-14-15-22(29)26-23(20)30/h10-12,17,20,24H,3-9,13-16H2,1-2H3,(H,25,28)(H,26,29,30). The number of unbranched alkanes of at least 4 members (excludes halogenated alkanes) is 4. The van der Waals surface area contributed by atoms with Gasteiger partial charge in [-0.2, -0.15) is 0 Å². The minimum atomic E-state index is -0.435. The summed E-state index contributed by atoms with van der Waals surface area (Å²) in [6, 6.07) is 6.89. The molecule has 1 aromatic rings. The molecule has 0 radical (unpaired) electrons. The van der Waals surface area contributed by atoms with Crippen LogP contribution in [0.25, 0.3) is 0 Å². The predicted octanol–water partition coefficient (Wildman–Crippen LogP) is 3.52. The van der Waals surface area contributed by atoms with Gasteiger partial charge in [-0.05, 0) is 57.1 Å². The number of piperidine rings is 1. The number of rotatable bonds is 13. The minimum absolute atomic E-state index is 0.0105. The zero-order chi connectivity index (χ0) is 21.8. The van der Waals surface area contributed by atoms with E-state index < -0.39 is 6.04 Å². The summed E-state index contributed by atoms with van der Waals surface area (Å²) >= 11 is 0. The van der Waals surface area contributed by atoms with Gasteiger partial charge in [0.1, 0.15) is 6.04 Å². The highest BCUT2D eigenvalue weighted by Crippen LogP contribution is 2.19. The van der Waals surface area contributed by atoms with E-state index in [4.69, 9.17) is 0 Å². The highest BCUT2D eigenvalue weighted by atomic mass is 16.2. The third-order valence-electron chi connectivity index (χ3n) is 5.50. The second-order valence-corrected chi connectivity index (χ2v) is 7.82. The number of anilines is 2. The SMILES string of the molecule is CCN(CC)CCCCCCCC(=O)Nc1cccc(NC2CCC(=O)NC2=O)c1. The maximum Gasteiger partial charge on any atom is 0.249 e. The van der Waals surface area contributed by atoms with Gasteiger partial charge in [-0.15, -0.1) is 0 Å². The Hall–Kier alpha value is -2.41. The largest absolute Gasteiger partial charge is 0.374 e. The number of benzene rings is 1. The molecular weight excluding hydrogens is 380 g/mol. The van der Waals surface area contributed by atoms with Crippen molar-refractivity contribution in [2.75, 3.05) is 30.3 Å². The van der Waals surface area contributed by atoms with E-state index >= 15 is 0 Å². The first-order valence-corrected chi connectivity index (χ1v) is 11.2. The second kappa shape index (κ2) is 13.0. The van der Waals surface area contributed by atoms with E-state index in [1.54, 1.807) is 0 Å². The van der Waals surface area contributed by atoms with Gasteiger partial charge in [0.05, 0.1) is 0 Å². The van der Waals surface area contributed by atoms with Crippen molar-refractivity contribution in [1.82, 2.24) is 10.2 Å². The van der Waals surface area contributed by atoms with Gasteiger partial charge >= 0.3 is 0 Å². The van der Waals surface area contributed by atoms with Crippen LogP contribution in [0.4, 0.5) is 11.4 Å². The van der Waals surface area contributed by atoms with Crippen molar-refractivity contribution in [2.24, 2.45) is 0 Å². The number of carbonyl (C=O) groups excluding carboxylic acids is 3. The fraction of sp³-hybridized carbons (Fsp3) is 0.609. The average Bonchev–Trinajstić information content (AvgIpc) is 2.72. The molecule has 166 valence electrons. The first kappa shape index (κ1) is 23.9. The maximum atomic E-state index is 12.2. The number of imide groups is 1. The Bertz CT molecular complexity index is 703. The summed E-state index contributed by atoms with van der Waals surface area (Å²) in [6.45, 7) is 7.78. The Balaban J connectivity index is 1.65. The Morgan fingerprint density at radius 1 is 1.07 bits per heavy atom. The molecule has 1 aromatic carbocycles. The molecule has 1 heterocycles. The molecule has 1 atom stereocenters. The van der Waals surface area contributed by atoms with Crippen LogP contribution in [0, 0.1) is 0 Å². The smallest absolute Gasteiger partial charge is 0.249 e. The summed E-state index contributed by atoms with van der Waals surface area (Å²) in [4.78, 5) is 37.8. The van der Waals surface area contributed by atoms with Crippen molar-refractivity contribution in [3.63, 3.8) is 0 Å². The van der Waals surface area contributed by atoms with Gasteiger partial charge in [0, 0.05) is 24.2 Å². The molecule has 2 rings (SSSR count). The molecule has 1 fully saturated rings. The average molecular weight is 417 g/mol. The fourth-order valence-corrected chi connectivity index (χ4v) is 3.63. The molecule has 7 heteroatoms. The second-order valence-electron chi connectivity index (χ2n) is 7.82. The highest BCUT2D eigenvalue weighted by molar-refractivity contribution is 6.01. The summed E-state index contributed by atoms with van der Waals surface area (Å²) in [5.41, 5.74) is 1.45. The van der Waals surface area contributed by atoms with Crippen LogP contribution in [0.2, 0.25) is 0 Å². The lowest BCUT2D eigenvalue weighted by molar-refractivity contribution is -0.133. The molecule has 30 heavy (non-hydrogen) atoms. The van der Waals surface area contributed by atoms with Crippen molar-refractivity contribution in [3.8, 4) is 0 Å². The Morgan fingerprint density at radius 3 is 2.50 bits per heavy atom. The van der Waals surface area contributed by atoms with Crippen LogP contribution in [-0.4, -0.2) is 48.3 Å². The Kier molecular flexibility index (Phi) is 10.3. The normalized spacial score (nSPS) is 16.4.